The Morgan fingerprint density at radius 1 is 0.897 bits per heavy atom. The van der Waals surface area contributed by atoms with E-state index in [2.05, 4.69) is 64.3 Å². The molecule has 4 aromatic rings. The lowest BCUT2D eigenvalue weighted by atomic mass is 10.1. The number of benzene rings is 1. The fourth-order valence-electron chi connectivity index (χ4n) is 3.74. The topological polar surface area (TPSA) is 45.2 Å². The molecule has 0 aliphatic carbocycles. The van der Waals surface area contributed by atoms with E-state index < -0.39 is 0 Å². The van der Waals surface area contributed by atoms with Crippen LogP contribution in [-0.4, -0.2) is 53.1 Å². The molecule has 4 heterocycles. The highest BCUT2D eigenvalue weighted by Crippen LogP contribution is 2.34. The molecule has 1 aromatic carbocycles. The molecule has 0 unspecified atom stereocenters. The summed E-state index contributed by atoms with van der Waals surface area (Å²) < 4.78 is 1.29. The first-order chi connectivity index (χ1) is 14.2. The summed E-state index contributed by atoms with van der Waals surface area (Å²) in [4.78, 5) is 19.8. The highest BCUT2D eigenvalue weighted by atomic mass is 32.1. The van der Waals surface area contributed by atoms with Crippen LogP contribution in [0.5, 0.6) is 0 Å². The van der Waals surface area contributed by atoms with E-state index >= 15 is 0 Å². The summed E-state index contributed by atoms with van der Waals surface area (Å²) in [6.07, 6.45) is 3.83. The maximum absolute atomic E-state index is 4.71. The van der Waals surface area contributed by atoms with Gasteiger partial charge in [-0.25, -0.2) is 9.97 Å². The summed E-state index contributed by atoms with van der Waals surface area (Å²) in [6.45, 7) is 6.06. The van der Waals surface area contributed by atoms with Crippen LogP contribution >= 0.6 is 11.3 Å². The first-order valence-electron chi connectivity index (χ1n) is 9.89. The second kappa shape index (κ2) is 7.54. The van der Waals surface area contributed by atoms with Crippen LogP contribution in [0.3, 0.4) is 0 Å². The number of aromatic nitrogens is 3. The molecule has 1 fully saturated rings. The molecule has 1 saturated heterocycles. The third kappa shape index (κ3) is 3.73. The largest absolute Gasteiger partial charge is 0.354 e. The van der Waals surface area contributed by atoms with E-state index in [0.29, 0.717) is 0 Å². The molecule has 0 spiro atoms. The summed E-state index contributed by atoms with van der Waals surface area (Å²) in [5, 5.41) is 1.27. The van der Waals surface area contributed by atoms with Crippen molar-refractivity contribution in [1.82, 2.24) is 19.9 Å². The summed E-state index contributed by atoms with van der Waals surface area (Å²) in [6, 6.07) is 15.0. The van der Waals surface area contributed by atoms with Crippen LogP contribution in [0, 0.1) is 6.92 Å². The fourth-order valence-corrected chi connectivity index (χ4v) is 4.78. The molecule has 1 aliphatic rings. The van der Waals surface area contributed by atoms with Gasteiger partial charge in [0.15, 0.2) is 0 Å². The van der Waals surface area contributed by atoms with Crippen LogP contribution in [0.25, 0.3) is 31.8 Å². The minimum absolute atomic E-state index is 0.795. The van der Waals surface area contributed by atoms with Crippen molar-refractivity contribution >= 4 is 27.2 Å². The van der Waals surface area contributed by atoms with Gasteiger partial charge in [0.2, 0.25) is 0 Å². The minimum Gasteiger partial charge on any atom is -0.354 e. The monoisotopic (exact) mass is 401 g/mol. The number of rotatable bonds is 3. The lowest BCUT2D eigenvalue weighted by Crippen LogP contribution is -2.44. The Morgan fingerprint density at radius 2 is 1.69 bits per heavy atom. The van der Waals surface area contributed by atoms with Crippen molar-refractivity contribution in [3.63, 3.8) is 0 Å². The average Bonchev–Trinajstić information content (AvgIpc) is 3.18. The summed E-state index contributed by atoms with van der Waals surface area (Å²) in [5.41, 5.74) is 3.09. The molecule has 0 radical (unpaired) electrons. The maximum Gasteiger partial charge on any atom is 0.132 e. The lowest BCUT2D eigenvalue weighted by Gasteiger charge is -2.33. The van der Waals surface area contributed by atoms with E-state index in [9.17, 15) is 0 Å². The number of likely N-dealkylation sites (N-methyl/N-ethyl adjacent to an activating group) is 1. The van der Waals surface area contributed by atoms with Gasteiger partial charge in [0, 0.05) is 65.3 Å². The zero-order chi connectivity index (χ0) is 19.8. The van der Waals surface area contributed by atoms with Crippen molar-refractivity contribution in [2.75, 3.05) is 38.1 Å². The van der Waals surface area contributed by atoms with E-state index in [4.69, 9.17) is 9.97 Å². The van der Waals surface area contributed by atoms with Crippen molar-refractivity contribution in [1.29, 1.82) is 0 Å². The Balaban J connectivity index is 1.50. The van der Waals surface area contributed by atoms with Gasteiger partial charge in [0.25, 0.3) is 0 Å². The number of hydrogen-bond donors (Lipinski definition) is 0. The first kappa shape index (κ1) is 18.2. The van der Waals surface area contributed by atoms with Crippen molar-refractivity contribution in [2.45, 2.75) is 6.92 Å². The number of pyridine rings is 1. The average molecular weight is 402 g/mol. The molecular weight excluding hydrogens is 378 g/mol. The van der Waals surface area contributed by atoms with Gasteiger partial charge in [0.05, 0.1) is 5.69 Å². The smallest absolute Gasteiger partial charge is 0.132 e. The van der Waals surface area contributed by atoms with Crippen LogP contribution in [0.4, 0.5) is 5.82 Å². The third-order valence-electron chi connectivity index (χ3n) is 5.40. The molecule has 5 rings (SSSR count). The zero-order valence-electron chi connectivity index (χ0n) is 16.7. The van der Waals surface area contributed by atoms with Gasteiger partial charge < -0.3 is 9.80 Å². The third-order valence-corrected chi connectivity index (χ3v) is 6.56. The molecule has 29 heavy (non-hydrogen) atoms. The molecule has 1 aliphatic heterocycles. The molecule has 0 amide bonds. The normalized spacial score (nSPS) is 15.2. The molecule has 0 N–H and O–H groups in total. The maximum atomic E-state index is 4.71. The first-order valence-corrected chi connectivity index (χ1v) is 10.7. The Morgan fingerprint density at radius 3 is 2.52 bits per heavy atom. The highest BCUT2D eigenvalue weighted by Gasteiger charge is 2.17. The van der Waals surface area contributed by atoms with E-state index in [0.717, 1.165) is 54.6 Å². The fraction of sp³-hybridized carbons (Fsp3) is 0.261. The van der Waals surface area contributed by atoms with Gasteiger partial charge in [-0.15, -0.1) is 11.3 Å². The molecule has 0 saturated carbocycles. The second-order valence-corrected chi connectivity index (χ2v) is 8.64. The van der Waals surface area contributed by atoms with Crippen molar-refractivity contribution < 1.29 is 0 Å². The minimum atomic E-state index is 0.795. The number of anilines is 1. The Bertz CT molecular complexity index is 1130. The van der Waals surface area contributed by atoms with Gasteiger partial charge in [-0.1, -0.05) is 18.2 Å². The lowest BCUT2D eigenvalue weighted by molar-refractivity contribution is 0.312. The number of nitrogens with zero attached hydrogens (tertiary/aromatic N) is 5. The molecule has 0 bridgehead atoms. The SMILES string of the molecule is Cc1nc(-c2cncc(-c3cc4ccccc4s3)c2)cc(N2CCN(C)CC2)n1. The van der Waals surface area contributed by atoms with Gasteiger partial charge in [0.1, 0.15) is 11.6 Å². The van der Waals surface area contributed by atoms with Crippen molar-refractivity contribution in [3.8, 4) is 21.7 Å². The van der Waals surface area contributed by atoms with Crippen LogP contribution in [-0.2, 0) is 0 Å². The number of aryl methyl sites for hydroxylation is 1. The van der Waals surface area contributed by atoms with E-state index in [1.807, 2.05) is 19.3 Å². The summed E-state index contributed by atoms with van der Waals surface area (Å²) >= 11 is 1.80. The zero-order valence-corrected chi connectivity index (χ0v) is 17.5. The Kier molecular flexibility index (Phi) is 4.73. The van der Waals surface area contributed by atoms with Gasteiger partial charge in [-0.05, 0) is 37.6 Å². The number of piperazine rings is 1. The van der Waals surface area contributed by atoms with Gasteiger partial charge in [-0.2, -0.15) is 0 Å². The van der Waals surface area contributed by atoms with E-state index in [1.54, 1.807) is 11.3 Å². The molecule has 6 heteroatoms. The number of fused-ring (bicyclic) bond motifs is 1. The second-order valence-electron chi connectivity index (χ2n) is 7.56. The Labute approximate surface area is 174 Å². The van der Waals surface area contributed by atoms with Crippen LogP contribution in [0.15, 0.2) is 54.9 Å². The van der Waals surface area contributed by atoms with Gasteiger partial charge in [-0.3, -0.25) is 4.98 Å². The summed E-state index contributed by atoms with van der Waals surface area (Å²) in [5.74, 6) is 1.80. The van der Waals surface area contributed by atoms with Crippen molar-refractivity contribution in [2.24, 2.45) is 0 Å². The molecule has 3 aromatic heterocycles. The summed E-state index contributed by atoms with van der Waals surface area (Å²) in [7, 11) is 2.17. The van der Waals surface area contributed by atoms with Crippen LogP contribution in [0.1, 0.15) is 5.82 Å². The van der Waals surface area contributed by atoms with Crippen LogP contribution < -0.4 is 4.90 Å². The van der Waals surface area contributed by atoms with E-state index in [-0.39, 0.29) is 0 Å². The standard InChI is InChI=1S/C23H23N5S/c1-16-25-20(13-23(26-16)28-9-7-27(2)8-10-28)18-11-19(15-24-14-18)22-12-17-5-3-4-6-21(17)29-22/h3-6,11-15H,7-10H2,1-2H3. The molecule has 146 valence electrons. The highest BCUT2D eigenvalue weighted by molar-refractivity contribution is 7.22. The molecule has 5 nitrogen and oxygen atoms in total. The van der Waals surface area contributed by atoms with Gasteiger partial charge >= 0.3 is 0 Å². The number of thiophene rings is 1. The predicted molar refractivity (Wildman–Crippen MR) is 121 cm³/mol. The molecule has 0 atom stereocenters. The van der Waals surface area contributed by atoms with Crippen molar-refractivity contribution in [3.05, 3.63) is 60.7 Å². The number of hydrogen-bond acceptors (Lipinski definition) is 6. The predicted octanol–water partition coefficient (Wildman–Crippen LogP) is 4.48. The van der Waals surface area contributed by atoms with E-state index in [1.165, 1.54) is 15.0 Å². The quantitative estimate of drug-likeness (QED) is 0.506. The molecular formula is C23H23N5S. The van der Waals surface area contributed by atoms with Crippen LogP contribution in [0.2, 0.25) is 0 Å². The Hall–Kier alpha value is -2.83.